The summed E-state index contributed by atoms with van der Waals surface area (Å²) in [6, 6.07) is 15.6. The maximum Gasteiger partial charge on any atom is 0.255 e. The van der Waals surface area contributed by atoms with Crippen molar-refractivity contribution in [3.05, 3.63) is 71.6 Å². The Hall–Kier alpha value is -3.59. The minimum absolute atomic E-state index is 0.175. The van der Waals surface area contributed by atoms with Gasteiger partial charge in [0.25, 0.3) is 5.91 Å². The zero-order chi connectivity index (χ0) is 24.5. The average Bonchev–Trinajstić information content (AvgIpc) is 3.21. The molecule has 9 heteroatoms. The Balaban J connectivity index is 1.67. The van der Waals surface area contributed by atoms with Crippen molar-refractivity contribution >= 4 is 35.2 Å². The van der Waals surface area contributed by atoms with Gasteiger partial charge in [-0.1, -0.05) is 24.3 Å². The van der Waals surface area contributed by atoms with Crippen LogP contribution in [0.5, 0.6) is 0 Å². The van der Waals surface area contributed by atoms with Gasteiger partial charge in [0, 0.05) is 23.7 Å². The summed E-state index contributed by atoms with van der Waals surface area (Å²) in [6.45, 7) is 3.34. The molecule has 0 radical (unpaired) electrons. The van der Waals surface area contributed by atoms with E-state index in [4.69, 9.17) is 4.42 Å². The number of thioether (sulfide) groups is 1. The standard InChI is InChI=1S/C25H28N4O4S/c1-16-22(15-26-24(32)21(12-13-34-3)27-17(2)30)29-25(33-16)19-10-7-11-20(14-19)28-23(31)18-8-5-4-6-9-18/h4-11,14,21H,12-13,15H2,1-3H3,(H,26,32)(H,27,30)(H,28,31)/t21-/m0/s1. The quantitative estimate of drug-likeness (QED) is 0.407. The van der Waals surface area contributed by atoms with Crippen molar-refractivity contribution < 1.29 is 18.8 Å². The molecule has 0 aliphatic rings. The SMILES string of the molecule is CSCC[C@H](NC(C)=O)C(=O)NCc1nc(-c2cccc(NC(=O)c3ccccc3)c2)oc1C. The summed E-state index contributed by atoms with van der Waals surface area (Å²) in [5, 5.41) is 8.39. The number of oxazole rings is 1. The highest BCUT2D eigenvalue weighted by Gasteiger charge is 2.20. The van der Waals surface area contributed by atoms with E-state index in [0.29, 0.717) is 40.6 Å². The van der Waals surface area contributed by atoms with Gasteiger partial charge in [-0.05, 0) is 55.7 Å². The molecule has 0 bridgehead atoms. The van der Waals surface area contributed by atoms with Crippen LogP contribution in [0.2, 0.25) is 0 Å². The number of nitrogens with one attached hydrogen (secondary N) is 3. The molecule has 8 nitrogen and oxygen atoms in total. The minimum atomic E-state index is -0.596. The van der Waals surface area contributed by atoms with Gasteiger partial charge in [-0.3, -0.25) is 14.4 Å². The lowest BCUT2D eigenvalue weighted by atomic mass is 10.1. The number of hydrogen-bond acceptors (Lipinski definition) is 6. The van der Waals surface area contributed by atoms with Crippen molar-refractivity contribution in [1.29, 1.82) is 0 Å². The van der Waals surface area contributed by atoms with Crippen LogP contribution in [-0.4, -0.2) is 40.8 Å². The number of amides is 3. The zero-order valence-electron chi connectivity index (χ0n) is 19.4. The summed E-state index contributed by atoms with van der Waals surface area (Å²) in [7, 11) is 0. The number of hydrogen-bond donors (Lipinski definition) is 3. The van der Waals surface area contributed by atoms with Crippen LogP contribution < -0.4 is 16.0 Å². The van der Waals surface area contributed by atoms with E-state index in [2.05, 4.69) is 20.9 Å². The first-order valence-corrected chi connectivity index (χ1v) is 12.2. The Morgan fingerprint density at radius 1 is 1.09 bits per heavy atom. The highest BCUT2D eigenvalue weighted by atomic mass is 32.2. The van der Waals surface area contributed by atoms with Gasteiger partial charge in [-0.2, -0.15) is 11.8 Å². The van der Waals surface area contributed by atoms with Crippen molar-refractivity contribution in [2.45, 2.75) is 32.9 Å². The Morgan fingerprint density at radius 3 is 2.56 bits per heavy atom. The van der Waals surface area contributed by atoms with Crippen LogP contribution >= 0.6 is 11.8 Å². The molecule has 1 atom stereocenters. The summed E-state index contributed by atoms with van der Waals surface area (Å²) in [5.74, 6) is 0.995. The summed E-state index contributed by atoms with van der Waals surface area (Å²) in [4.78, 5) is 41.0. The van der Waals surface area contributed by atoms with Gasteiger partial charge < -0.3 is 20.4 Å². The first-order chi connectivity index (χ1) is 16.4. The van der Waals surface area contributed by atoms with E-state index in [9.17, 15) is 14.4 Å². The highest BCUT2D eigenvalue weighted by Crippen LogP contribution is 2.24. The van der Waals surface area contributed by atoms with E-state index in [1.54, 1.807) is 49.0 Å². The molecular formula is C25H28N4O4S. The third-order valence-corrected chi connectivity index (χ3v) is 5.67. The van der Waals surface area contributed by atoms with Crippen LogP contribution in [0.15, 0.2) is 59.0 Å². The van der Waals surface area contributed by atoms with E-state index in [1.165, 1.54) is 6.92 Å². The van der Waals surface area contributed by atoms with Crippen LogP contribution in [0.25, 0.3) is 11.5 Å². The van der Waals surface area contributed by atoms with Gasteiger partial charge in [0.1, 0.15) is 17.5 Å². The van der Waals surface area contributed by atoms with Gasteiger partial charge in [-0.25, -0.2) is 4.98 Å². The van der Waals surface area contributed by atoms with E-state index >= 15 is 0 Å². The molecule has 1 aromatic heterocycles. The van der Waals surface area contributed by atoms with Crippen LogP contribution in [-0.2, 0) is 16.1 Å². The molecule has 0 fully saturated rings. The summed E-state index contributed by atoms with van der Waals surface area (Å²) >= 11 is 1.61. The first kappa shape index (κ1) is 25.0. The number of aromatic nitrogens is 1. The van der Waals surface area contributed by atoms with Crippen molar-refractivity contribution in [1.82, 2.24) is 15.6 Å². The lowest BCUT2D eigenvalue weighted by Crippen LogP contribution is -2.46. The molecule has 0 aliphatic heterocycles. The molecule has 0 unspecified atom stereocenters. The summed E-state index contributed by atoms with van der Waals surface area (Å²) in [5.41, 5.74) is 2.47. The molecule has 0 saturated heterocycles. The largest absolute Gasteiger partial charge is 0.441 e. The molecule has 3 aromatic rings. The zero-order valence-corrected chi connectivity index (χ0v) is 20.2. The number of benzene rings is 2. The van der Waals surface area contributed by atoms with E-state index in [1.807, 2.05) is 30.5 Å². The highest BCUT2D eigenvalue weighted by molar-refractivity contribution is 7.98. The molecule has 34 heavy (non-hydrogen) atoms. The van der Waals surface area contributed by atoms with E-state index in [-0.39, 0.29) is 24.3 Å². The van der Waals surface area contributed by atoms with Crippen molar-refractivity contribution in [2.75, 3.05) is 17.3 Å². The number of carbonyl (C=O) groups is 3. The second kappa shape index (κ2) is 12.0. The molecule has 3 N–H and O–H groups in total. The monoisotopic (exact) mass is 480 g/mol. The summed E-state index contributed by atoms with van der Waals surface area (Å²) < 4.78 is 5.82. The Kier molecular flexibility index (Phi) is 8.86. The molecule has 178 valence electrons. The Morgan fingerprint density at radius 2 is 1.85 bits per heavy atom. The average molecular weight is 481 g/mol. The maximum absolute atomic E-state index is 12.6. The number of rotatable bonds is 10. The fraction of sp³-hybridized carbons (Fsp3) is 0.280. The number of carbonyl (C=O) groups excluding carboxylic acids is 3. The predicted octanol–water partition coefficient (Wildman–Crippen LogP) is 3.78. The Labute approximate surface area is 202 Å². The molecule has 3 amide bonds. The number of anilines is 1. The van der Waals surface area contributed by atoms with Gasteiger partial charge >= 0.3 is 0 Å². The molecule has 1 heterocycles. The van der Waals surface area contributed by atoms with Crippen LogP contribution in [0.3, 0.4) is 0 Å². The van der Waals surface area contributed by atoms with E-state index in [0.717, 1.165) is 5.75 Å². The maximum atomic E-state index is 12.6. The van der Waals surface area contributed by atoms with Crippen LogP contribution in [0, 0.1) is 6.92 Å². The first-order valence-electron chi connectivity index (χ1n) is 10.8. The smallest absolute Gasteiger partial charge is 0.255 e. The third-order valence-electron chi connectivity index (χ3n) is 5.03. The minimum Gasteiger partial charge on any atom is -0.441 e. The lowest BCUT2D eigenvalue weighted by Gasteiger charge is -2.16. The lowest BCUT2D eigenvalue weighted by molar-refractivity contribution is -0.128. The van der Waals surface area contributed by atoms with Crippen LogP contribution in [0.1, 0.15) is 35.2 Å². The number of nitrogens with zero attached hydrogens (tertiary/aromatic N) is 1. The van der Waals surface area contributed by atoms with Gasteiger partial charge in [0.2, 0.25) is 17.7 Å². The van der Waals surface area contributed by atoms with Gasteiger partial charge in [-0.15, -0.1) is 0 Å². The van der Waals surface area contributed by atoms with E-state index < -0.39 is 6.04 Å². The second-order valence-corrected chi connectivity index (χ2v) is 8.66. The normalized spacial score (nSPS) is 11.5. The summed E-state index contributed by atoms with van der Waals surface area (Å²) in [6.07, 6.45) is 2.49. The molecule has 2 aromatic carbocycles. The third kappa shape index (κ3) is 6.95. The number of aryl methyl sites for hydroxylation is 1. The van der Waals surface area contributed by atoms with Crippen molar-refractivity contribution in [3.63, 3.8) is 0 Å². The molecule has 0 spiro atoms. The predicted molar refractivity (Wildman–Crippen MR) is 134 cm³/mol. The van der Waals surface area contributed by atoms with Crippen molar-refractivity contribution in [3.8, 4) is 11.5 Å². The molecule has 3 rings (SSSR count). The molecular weight excluding hydrogens is 452 g/mol. The van der Waals surface area contributed by atoms with Crippen molar-refractivity contribution in [2.24, 2.45) is 0 Å². The fourth-order valence-electron chi connectivity index (χ4n) is 3.28. The van der Waals surface area contributed by atoms with Crippen LogP contribution in [0.4, 0.5) is 5.69 Å². The molecule has 0 aliphatic carbocycles. The second-order valence-electron chi connectivity index (χ2n) is 7.68. The fourth-order valence-corrected chi connectivity index (χ4v) is 3.75. The molecule has 0 saturated carbocycles. The Bertz CT molecular complexity index is 1150. The van der Waals surface area contributed by atoms with Gasteiger partial charge in [0.15, 0.2) is 0 Å². The van der Waals surface area contributed by atoms with Gasteiger partial charge in [0.05, 0.1) is 6.54 Å². The topological polar surface area (TPSA) is 113 Å².